The maximum atomic E-state index is 11.2. The van der Waals surface area contributed by atoms with Crippen molar-refractivity contribution in [2.45, 2.75) is 32.0 Å². The standard InChI is InChI=1S/C8H14N2O3/c1-3-8(13-4-11)5(2)6(9)7(12)10-8/h4-6H,3,9H2,1-2H3,(H,10,12)/t5-,6+,8?/m1/s1. The number of nitrogens with two attached hydrogens (primary N) is 1. The average Bonchev–Trinajstić information content (AvgIpc) is 2.32. The summed E-state index contributed by atoms with van der Waals surface area (Å²) in [6, 6.07) is -0.597. The Morgan fingerprint density at radius 2 is 2.38 bits per heavy atom. The molecule has 5 heteroatoms. The molecule has 1 aliphatic rings. The van der Waals surface area contributed by atoms with Crippen LogP contribution < -0.4 is 11.1 Å². The lowest BCUT2D eigenvalue weighted by Crippen LogP contribution is -2.47. The van der Waals surface area contributed by atoms with Crippen molar-refractivity contribution in [2.24, 2.45) is 11.7 Å². The third-order valence-corrected chi connectivity index (χ3v) is 2.70. The second-order valence-corrected chi connectivity index (χ2v) is 3.26. The molecule has 0 aliphatic carbocycles. The Morgan fingerprint density at radius 3 is 2.69 bits per heavy atom. The molecule has 0 aromatic heterocycles. The number of hydrogen-bond donors (Lipinski definition) is 2. The predicted octanol–water partition coefficient (Wildman–Crippen LogP) is -0.641. The van der Waals surface area contributed by atoms with Gasteiger partial charge < -0.3 is 15.8 Å². The third-order valence-electron chi connectivity index (χ3n) is 2.70. The fraction of sp³-hybridized carbons (Fsp3) is 0.750. The molecule has 0 spiro atoms. The lowest BCUT2D eigenvalue weighted by atomic mass is 9.93. The van der Waals surface area contributed by atoms with E-state index in [4.69, 9.17) is 10.5 Å². The van der Waals surface area contributed by atoms with Gasteiger partial charge in [0, 0.05) is 12.3 Å². The van der Waals surface area contributed by atoms with E-state index < -0.39 is 11.8 Å². The molecule has 1 aliphatic heterocycles. The Hall–Kier alpha value is -1.10. The van der Waals surface area contributed by atoms with Gasteiger partial charge in [0.25, 0.3) is 6.47 Å². The van der Waals surface area contributed by atoms with Crippen LogP contribution in [0, 0.1) is 5.92 Å². The van der Waals surface area contributed by atoms with Crippen LogP contribution in [-0.4, -0.2) is 24.1 Å². The second-order valence-electron chi connectivity index (χ2n) is 3.26. The predicted molar refractivity (Wildman–Crippen MR) is 45.5 cm³/mol. The molecule has 5 nitrogen and oxygen atoms in total. The zero-order valence-corrected chi connectivity index (χ0v) is 7.74. The average molecular weight is 186 g/mol. The summed E-state index contributed by atoms with van der Waals surface area (Å²) in [6.07, 6.45) is 0.520. The van der Waals surface area contributed by atoms with Crippen molar-refractivity contribution in [3.63, 3.8) is 0 Å². The van der Waals surface area contributed by atoms with Crippen LogP contribution in [0.4, 0.5) is 0 Å². The number of nitrogens with one attached hydrogen (secondary N) is 1. The highest BCUT2D eigenvalue weighted by molar-refractivity contribution is 5.85. The van der Waals surface area contributed by atoms with Gasteiger partial charge in [-0.25, -0.2) is 0 Å². The highest BCUT2D eigenvalue weighted by Gasteiger charge is 2.50. The highest BCUT2D eigenvalue weighted by Crippen LogP contribution is 2.29. The first-order valence-electron chi connectivity index (χ1n) is 4.26. The molecule has 0 aromatic carbocycles. The quantitative estimate of drug-likeness (QED) is 0.574. The molecule has 0 radical (unpaired) electrons. The van der Waals surface area contributed by atoms with Gasteiger partial charge in [0.05, 0.1) is 6.04 Å². The summed E-state index contributed by atoms with van der Waals surface area (Å²) in [7, 11) is 0. The van der Waals surface area contributed by atoms with Crippen molar-refractivity contribution in [1.29, 1.82) is 0 Å². The molecule has 0 aromatic rings. The third kappa shape index (κ3) is 1.39. The Kier molecular flexibility index (Phi) is 2.56. The number of carbonyl (C=O) groups excluding carboxylic acids is 2. The van der Waals surface area contributed by atoms with Crippen molar-refractivity contribution in [3.05, 3.63) is 0 Å². The molecule has 1 unspecified atom stereocenters. The summed E-state index contributed by atoms with van der Waals surface area (Å²) in [5, 5.41) is 2.60. The molecule has 1 heterocycles. The highest BCUT2D eigenvalue weighted by atomic mass is 16.6. The summed E-state index contributed by atoms with van der Waals surface area (Å²) in [5.41, 5.74) is 4.69. The lowest BCUT2D eigenvalue weighted by molar-refractivity contribution is -0.151. The van der Waals surface area contributed by atoms with Crippen LogP contribution in [0.15, 0.2) is 0 Å². The van der Waals surface area contributed by atoms with Gasteiger partial charge in [-0.3, -0.25) is 9.59 Å². The maximum Gasteiger partial charge on any atom is 0.295 e. The molecule has 74 valence electrons. The summed E-state index contributed by atoms with van der Waals surface area (Å²) in [4.78, 5) is 21.5. The van der Waals surface area contributed by atoms with Crippen LogP contribution in [0.2, 0.25) is 0 Å². The van der Waals surface area contributed by atoms with Gasteiger partial charge in [-0.1, -0.05) is 13.8 Å². The minimum absolute atomic E-state index is 0.199. The first-order valence-corrected chi connectivity index (χ1v) is 4.26. The Balaban J connectivity index is 2.88. The normalized spacial score (nSPS) is 38.5. The first kappa shape index (κ1) is 9.98. The second kappa shape index (κ2) is 3.33. The molecular formula is C8H14N2O3. The summed E-state index contributed by atoms with van der Waals surface area (Å²) in [5.74, 6) is -0.466. The molecule has 13 heavy (non-hydrogen) atoms. The van der Waals surface area contributed by atoms with Crippen molar-refractivity contribution < 1.29 is 14.3 Å². The van der Waals surface area contributed by atoms with Crippen LogP contribution in [0.5, 0.6) is 0 Å². The van der Waals surface area contributed by atoms with E-state index in [1.807, 2.05) is 6.92 Å². The van der Waals surface area contributed by atoms with Crippen LogP contribution in [0.25, 0.3) is 0 Å². The molecule has 0 bridgehead atoms. The minimum atomic E-state index is -0.905. The molecule has 3 N–H and O–H groups in total. The van der Waals surface area contributed by atoms with Crippen molar-refractivity contribution in [3.8, 4) is 0 Å². The van der Waals surface area contributed by atoms with Gasteiger partial charge in [-0.2, -0.15) is 0 Å². The number of hydrogen-bond acceptors (Lipinski definition) is 4. The van der Waals surface area contributed by atoms with Crippen LogP contribution in [-0.2, 0) is 14.3 Å². The van der Waals surface area contributed by atoms with Gasteiger partial charge in [0.1, 0.15) is 0 Å². The zero-order valence-electron chi connectivity index (χ0n) is 7.74. The number of carbonyl (C=O) groups is 2. The van der Waals surface area contributed by atoms with Crippen molar-refractivity contribution in [1.82, 2.24) is 5.32 Å². The van der Waals surface area contributed by atoms with E-state index in [9.17, 15) is 9.59 Å². The largest absolute Gasteiger partial charge is 0.441 e. The summed E-state index contributed by atoms with van der Waals surface area (Å²) < 4.78 is 4.90. The minimum Gasteiger partial charge on any atom is -0.441 e. The van der Waals surface area contributed by atoms with Gasteiger partial charge in [0.15, 0.2) is 5.72 Å². The molecule has 1 amide bonds. The van der Waals surface area contributed by atoms with E-state index in [1.54, 1.807) is 6.92 Å². The van der Waals surface area contributed by atoms with E-state index >= 15 is 0 Å². The van der Waals surface area contributed by atoms with Crippen molar-refractivity contribution in [2.75, 3.05) is 0 Å². The van der Waals surface area contributed by atoms with E-state index in [1.165, 1.54) is 0 Å². The fourth-order valence-corrected chi connectivity index (χ4v) is 1.64. The van der Waals surface area contributed by atoms with Gasteiger partial charge in [0.2, 0.25) is 5.91 Å². The van der Waals surface area contributed by atoms with E-state index in [-0.39, 0.29) is 11.8 Å². The molecule has 0 saturated carbocycles. The summed E-state index contributed by atoms with van der Waals surface area (Å²) >= 11 is 0. The van der Waals surface area contributed by atoms with Crippen LogP contribution in [0.1, 0.15) is 20.3 Å². The Bertz CT molecular complexity index is 231. The topological polar surface area (TPSA) is 81.4 Å². The first-order chi connectivity index (χ1) is 6.07. The molecule has 1 fully saturated rings. The van der Waals surface area contributed by atoms with Gasteiger partial charge >= 0.3 is 0 Å². The molecule has 1 saturated heterocycles. The van der Waals surface area contributed by atoms with Gasteiger partial charge in [-0.15, -0.1) is 0 Å². The van der Waals surface area contributed by atoms with Gasteiger partial charge in [-0.05, 0) is 0 Å². The molecule has 1 rings (SSSR count). The van der Waals surface area contributed by atoms with E-state index in [2.05, 4.69) is 5.32 Å². The Morgan fingerprint density at radius 1 is 1.77 bits per heavy atom. The molecule has 3 atom stereocenters. The van der Waals surface area contributed by atoms with Crippen molar-refractivity contribution >= 4 is 12.4 Å². The number of amides is 1. The Labute approximate surface area is 76.6 Å². The zero-order chi connectivity index (χ0) is 10.1. The fourth-order valence-electron chi connectivity index (χ4n) is 1.64. The maximum absolute atomic E-state index is 11.2. The molecular weight excluding hydrogens is 172 g/mol. The monoisotopic (exact) mass is 186 g/mol. The summed E-state index contributed by atoms with van der Waals surface area (Å²) in [6.45, 7) is 3.96. The van der Waals surface area contributed by atoms with E-state index in [0.717, 1.165) is 0 Å². The SMILES string of the molecule is CCC1(OC=O)NC(=O)[C@@H](N)[C@H]1C. The number of ether oxygens (including phenoxy) is 1. The number of rotatable bonds is 3. The smallest absolute Gasteiger partial charge is 0.295 e. The van der Waals surface area contributed by atoms with Crippen LogP contribution in [0.3, 0.4) is 0 Å². The van der Waals surface area contributed by atoms with E-state index in [0.29, 0.717) is 12.9 Å². The van der Waals surface area contributed by atoms with Crippen LogP contribution >= 0.6 is 0 Å². The lowest BCUT2D eigenvalue weighted by Gasteiger charge is -2.30.